The Kier molecular flexibility index (Phi) is 6.33. The molecule has 0 bridgehead atoms. The Labute approximate surface area is 129 Å². The fourth-order valence-corrected chi connectivity index (χ4v) is 2.00. The van der Waals surface area contributed by atoms with Gasteiger partial charge in [0, 0.05) is 23.2 Å². The van der Waals surface area contributed by atoms with E-state index in [1.165, 1.54) is 5.56 Å². The van der Waals surface area contributed by atoms with Crippen molar-refractivity contribution in [1.82, 2.24) is 5.32 Å². The zero-order valence-electron chi connectivity index (χ0n) is 12.5. The van der Waals surface area contributed by atoms with E-state index in [9.17, 15) is 4.79 Å². The van der Waals surface area contributed by atoms with Gasteiger partial charge in [-0.1, -0.05) is 12.1 Å². The van der Waals surface area contributed by atoms with Gasteiger partial charge in [-0.05, 0) is 61.7 Å². The summed E-state index contributed by atoms with van der Waals surface area (Å²) in [6, 6.07) is 6.10. The van der Waals surface area contributed by atoms with Crippen LogP contribution in [0, 0.1) is 6.92 Å². The zero-order valence-corrected chi connectivity index (χ0v) is 14.1. The minimum atomic E-state index is -0.450. The number of carbonyl (C=O) groups is 1. The Balaban J connectivity index is 2.23. The van der Waals surface area contributed by atoms with E-state index in [-0.39, 0.29) is 6.09 Å². The molecule has 0 aromatic heterocycles. The summed E-state index contributed by atoms with van der Waals surface area (Å²) in [7, 11) is 0. The van der Waals surface area contributed by atoms with E-state index in [0.29, 0.717) is 6.54 Å². The van der Waals surface area contributed by atoms with Crippen LogP contribution in [0.4, 0.5) is 10.5 Å². The normalized spacial score (nSPS) is 11.1. The number of amides is 1. The Morgan fingerprint density at radius 3 is 2.65 bits per heavy atom. The van der Waals surface area contributed by atoms with E-state index in [0.717, 1.165) is 23.1 Å². The van der Waals surface area contributed by atoms with E-state index < -0.39 is 5.60 Å². The summed E-state index contributed by atoms with van der Waals surface area (Å²) in [4.78, 5) is 11.4. The van der Waals surface area contributed by atoms with Gasteiger partial charge in [0.05, 0.1) is 0 Å². The first-order chi connectivity index (χ1) is 9.29. The Hall–Kier alpha value is -1.23. The van der Waals surface area contributed by atoms with E-state index in [2.05, 4.69) is 39.6 Å². The van der Waals surface area contributed by atoms with Crippen molar-refractivity contribution in [2.24, 2.45) is 0 Å². The summed E-state index contributed by atoms with van der Waals surface area (Å²) in [5.41, 5.74) is 1.82. The predicted octanol–water partition coefficient (Wildman–Crippen LogP) is 4.08. The van der Waals surface area contributed by atoms with Crippen molar-refractivity contribution >= 4 is 27.7 Å². The number of nitrogens with one attached hydrogen (secondary N) is 2. The van der Waals surface area contributed by atoms with E-state index >= 15 is 0 Å². The molecular weight excluding hydrogens is 320 g/mol. The Morgan fingerprint density at radius 2 is 2.00 bits per heavy atom. The van der Waals surface area contributed by atoms with Gasteiger partial charge in [0.25, 0.3) is 0 Å². The van der Waals surface area contributed by atoms with Crippen molar-refractivity contribution < 1.29 is 9.53 Å². The molecule has 20 heavy (non-hydrogen) atoms. The molecule has 5 heteroatoms. The molecule has 1 rings (SSSR count). The van der Waals surface area contributed by atoms with Crippen LogP contribution in [0.1, 0.15) is 32.8 Å². The maximum atomic E-state index is 11.4. The zero-order chi connectivity index (χ0) is 15.2. The van der Waals surface area contributed by atoms with Crippen LogP contribution in [-0.2, 0) is 4.74 Å². The van der Waals surface area contributed by atoms with Gasteiger partial charge in [0.1, 0.15) is 5.60 Å². The number of hydrogen-bond acceptors (Lipinski definition) is 3. The van der Waals surface area contributed by atoms with E-state index in [1.807, 2.05) is 32.9 Å². The van der Waals surface area contributed by atoms with Gasteiger partial charge in [-0.25, -0.2) is 4.79 Å². The van der Waals surface area contributed by atoms with Crippen LogP contribution < -0.4 is 10.6 Å². The number of halogens is 1. The van der Waals surface area contributed by atoms with Crippen molar-refractivity contribution in [2.45, 2.75) is 39.7 Å². The van der Waals surface area contributed by atoms with Crippen molar-refractivity contribution in [3.05, 3.63) is 28.2 Å². The molecule has 112 valence electrons. The summed E-state index contributed by atoms with van der Waals surface area (Å²) in [5, 5.41) is 6.08. The van der Waals surface area contributed by atoms with Gasteiger partial charge < -0.3 is 15.4 Å². The largest absolute Gasteiger partial charge is 0.444 e. The molecule has 2 N–H and O–H groups in total. The van der Waals surface area contributed by atoms with Crippen molar-refractivity contribution in [3.8, 4) is 0 Å². The third-order valence-corrected chi connectivity index (χ3v) is 3.58. The third-order valence-electron chi connectivity index (χ3n) is 2.53. The second-order valence-electron chi connectivity index (χ2n) is 5.65. The van der Waals surface area contributed by atoms with Crippen LogP contribution in [0.2, 0.25) is 0 Å². The molecule has 1 amide bonds. The lowest BCUT2D eigenvalue weighted by atomic mass is 10.2. The second-order valence-corrected chi connectivity index (χ2v) is 6.44. The summed E-state index contributed by atoms with van der Waals surface area (Å²) >= 11 is 3.55. The molecule has 0 heterocycles. The lowest BCUT2D eigenvalue weighted by Crippen LogP contribution is -2.33. The minimum absolute atomic E-state index is 0.366. The molecule has 0 fully saturated rings. The van der Waals surface area contributed by atoms with Crippen LogP contribution >= 0.6 is 15.9 Å². The van der Waals surface area contributed by atoms with Crippen molar-refractivity contribution in [2.75, 3.05) is 18.4 Å². The lowest BCUT2D eigenvalue weighted by Gasteiger charge is -2.19. The molecule has 1 aromatic rings. The topological polar surface area (TPSA) is 50.4 Å². The van der Waals surface area contributed by atoms with Gasteiger partial charge in [0.15, 0.2) is 0 Å². The average molecular weight is 343 g/mol. The molecule has 0 aliphatic rings. The van der Waals surface area contributed by atoms with E-state index in [4.69, 9.17) is 4.74 Å². The number of aryl methyl sites for hydroxylation is 1. The number of carbonyl (C=O) groups excluding carboxylic acids is 1. The Bertz CT molecular complexity index is 456. The molecule has 0 aliphatic carbocycles. The summed E-state index contributed by atoms with van der Waals surface area (Å²) in [6.07, 6.45) is 0.467. The average Bonchev–Trinajstić information content (AvgIpc) is 2.31. The first kappa shape index (κ1) is 16.8. The van der Waals surface area contributed by atoms with Gasteiger partial charge in [-0.2, -0.15) is 0 Å². The third kappa shape index (κ3) is 6.28. The first-order valence-corrected chi connectivity index (χ1v) is 7.55. The van der Waals surface area contributed by atoms with Crippen LogP contribution in [0.5, 0.6) is 0 Å². The number of benzene rings is 1. The maximum absolute atomic E-state index is 11.4. The van der Waals surface area contributed by atoms with E-state index in [1.54, 1.807) is 0 Å². The highest BCUT2D eigenvalue weighted by Crippen LogP contribution is 2.25. The monoisotopic (exact) mass is 342 g/mol. The number of rotatable bonds is 5. The molecule has 0 aliphatic heterocycles. The number of alkyl carbamates (subject to hydrolysis) is 1. The molecule has 0 unspecified atom stereocenters. The molecule has 0 saturated heterocycles. The fourth-order valence-electron chi connectivity index (χ4n) is 1.60. The lowest BCUT2D eigenvalue weighted by molar-refractivity contribution is 0.0528. The summed E-state index contributed by atoms with van der Waals surface area (Å²) in [6.45, 7) is 8.98. The number of ether oxygens (including phenoxy) is 1. The minimum Gasteiger partial charge on any atom is -0.444 e. The number of anilines is 1. The first-order valence-electron chi connectivity index (χ1n) is 6.75. The SMILES string of the molecule is Cc1cccc(NCCCNC(=O)OC(C)(C)C)c1Br. The maximum Gasteiger partial charge on any atom is 0.407 e. The summed E-state index contributed by atoms with van der Waals surface area (Å²) < 4.78 is 6.24. The van der Waals surface area contributed by atoms with Crippen LogP contribution in [0.3, 0.4) is 0 Å². The highest BCUT2D eigenvalue weighted by Gasteiger charge is 2.15. The van der Waals surface area contributed by atoms with Gasteiger partial charge in [-0.3, -0.25) is 0 Å². The second kappa shape index (κ2) is 7.53. The van der Waals surface area contributed by atoms with Gasteiger partial charge in [-0.15, -0.1) is 0 Å². The van der Waals surface area contributed by atoms with Gasteiger partial charge >= 0.3 is 6.09 Å². The Morgan fingerprint density at radius 1 is 1.30 bits per heavy atom. The molecular formula is C15H23BrN2O2. The fraction of sp³-hybridized carbons (Fsp3) is 0.533. The summed E-state index contributed by atoms with van der Waals surface area (Å²) in [5.74, 6) is 0. The van der Waals surface area contributed by atoms with Crippen LogP contribution in [0.25, 0.3) is 0 Å². The molecule has 0 radical (unpaired) electrons. The number of hydrogen-bond donors (Lipinski definition) is 2. The quantitative estimate of drug-likeness (QED) is 0.792. The van der Waals surface area contributed by atoms with Gasteiger partial charge in [0.2, 0.25) is 0 Å². The standard InChI is InChI=1S/C15H23BrN2O2/c1-11-7-5-8-12(13(11)16)17-9-6-10-18-14(19)20-15(2,3)4/h5,7-8,17H,6,9-10H2,1-4H3,(H,18,19). The van der Waals surface area contributed by atoms with Crippen LogP contribution in [0.15, 0.2) is 22.7 Å². The van der Waals surface area contributed by atoms with Crippen molar-refractivity contribution in [3.63, 3.8) is 0 Å². The highest BCUT2D eigenvalue weighted by atomic mass is 79.9. The highest BCUT2D eigenvalue weighted by molar-refractivity contribution is 9.10. The molecule has 1 aromatic carbocycles. The molecule has 0 atom stereocenters. The smallest absolute Gasteiger partial charge is 0.407 e. The molecule has 4 nitrogen and oxygen atoms in total. The molecule has 0 spiro atoms. The molecule has 0 saturated carbocycles. The van der Waals surface area contributed by atoms with Crippen molar-refractivity contribution in [1.29, 1.82) is 0 Å². The predicted molar refractivity (Wildman–Crippen MR) is 86.2 cm³/mol. The van der Waals surface area contributed by atoms with Crippen LogP contribution in [-0.4, -0.2) is 24.8 Å².